The van der Waals surface area contributed by atoms with Gasteiger partial charge in [0.05, 0.1) is 13.1 Å². The largest absolute Gasteiger partial charge is 0.353 e. The minimum Gasteiger partial charge on any atom is -0.353 e. The minimum atomic E-state index is -0.158. The van der Waals surface area contributed by atoms with Crippen LogP contribution >= 0.6 is 11.6 Å². The average molecular weight is 401 g/mol. The number of rotatable bonds is 7. The molecule has 0 saturated carbocycles. The summed E-state index contributed by atoms with van der Waals surface area (Å²) in [5.41, 5.74) is 7.67. The van der Waals surface area contributed by atoms with Crippen molar-refractivity contribution in [1.29, 1.82) is 0 Å². The number of likely N-dealkylation sites (tertiary alicyclic amines) is 1. The summed E-state index contributed by atoms with van der Waals surface area (Å²) in [5.74, 6) is -0.172. The molecule has 0 spiro atoms. The predicted octanol–water partition coefficient (Wildman–Crippen LogP) is 2.02. The Morgan fingerprint density at radius 2 is 1.93 bits per heavy atom. The van der Waals surface area contributed by atoms with Crippen molar-refractivity contribution < 1.29 is 9.59 Å². The van der Waals surface area contributed by atoms with Gasteiger partial charge in [0.2, 0.25) is 11.8 Å². The molecular formula is C21H25ClN4O2. The summed E-state index contributed by atoms with van der Waals surface area (Å²) in [4.78, 5) is 28.7. The van der Waals surface area contributed by atoms with E-state index in [1.807, 2.05) is 48.5 Å². The Bertz CT molecular complexity index is 815. The van der Waals surface area contributed by atoms with Crippen LogP contribution in [0.3, 0.4) is 0 Å². The van der Waals surface area contributed by atoms with Crippen molar-refractivity contribution in [3.8, 4) is 0 Å². The number of carbonyl (C=O) groups excluding carboxylic acids is 2. The highest BCUT2D eigenvalue weighted by atomic mass is 35.5. The predicted molar refractivity (Wildman–Crippen MR) is 111 cm³/mol. The van der Waals surface area contributed by atoms with Crippen molar-refractivity contribution in [1.82, 2.24) is 10.2 Å². The van der Waals surface area contributed by atoms with Gasteiger partial charge in [0, 0.05) is 36.4 Å². The molecule has 2 amide bonds. The summed E-state index contributed by atoms with van der Waals surface area (Å²) in [5, 5.41) is 3.52. The molecule has 2 aromatic rings. The monoisotopic (exact) mass is 400 g/mol. The normalized spacial score (nSPS) is 16.1. The van der Waals surface area contributed by atoms with E-state index in [0.29, 0.717) is 24.7 Å². The van der Waals surface area contributed by atoms with Crippen LogP contribution < -0.4 is 16.0 Å². The molecule has 0 bridgehead atoms. The molecule has 3 N–H and O–H groups in total. The Balaban J connectivity index is 1.62. The van der Waals surface area contributed by atoms with Gasteiger partial charge in [-0.15, -0.1) is 0 Å². The molecule has 148 valence electrons. The molecule has 28 heavy (non-hydrogen) atoms. The third-order valence-corrected chi connectivity index (χ3v) is 4.97. The van der Waals surface area contributed by atoms with E-state index in [0.717, 1.165) is 17.7 Å². The van der Waals surface area contributed by atoms with Crippen molar-refractivity contribution >= 4 is 29.1 Å². The van der Waals surface area contributed by atoms with Crippen molar-refractivity contribution in [3.63, 3.8) is 0 Å². The number of nitrogens with zero attached hydrogens (tertiary/aromatic N) is 2. The van der Waals surface area contributed by atoms with Crippen LogP contribution in [0.4, 0.5) is 5.69 Å². The number of amides is 2. The first kappa shape index (κ1) is 20.2. The van der Waals surface area contributed by atoms with Crippen molar-refractivity contribution in [2.24, 2.45) is 5.73 Å². The van der Waals surface area contributed by atoms with E-state index in [9.17, 15) is 9.59 Å². The quantitative estimate of drug-likeness (QED) is 0.745. The summed E-state index contributed by atoms with van der Waals surface area (Å²) in [7, 11) is 0. The number of halogens is 1. The van der Waals surface area contributed by atoms with Crippen LogP contribution in [0.2, 0.25) is 5.02 Å². The number of anilines is 1. The van der Waals surface area contributed by atoms with Gasteiger partial charge in [-0.1, -0.05) is 41.9 Å². The number of para-hydroxylation sites is 1. The van der Waals surface area contributed by atoms with Crippen molar-refractivity contribution in [3.05, 3.63) is 65.2 Å². The number of nitrogens with two attached hydrogens (primary N) is 1. The SMILES string of the molecule is NC1CCN(C(=O)CN(CC(=O)NCc2cccc(Cl)c2)c2ccccc2)C1. The third kappa shape index (κ3) is 5.71. The fraction of sp³-hybridized carbons (Fsp3) is 0.333. The average Bonchev–Trinajstić information content (AvgIpc) is 3.13. The van der Waals surface area contributed by atoms with Crippen LogP contribution in [-0.4, -0.2) is 48.9 Å². The van der Waals surface area contributed by atoms with Gasteiger partial charge in [-0.2, -0.15) is 0 Å². The first-order valence-corrected chi connectivity index (χ1v) is 9.73. The maximum absolute atomic E-state index is 12.7. The van der Waals surface area contributed by atoms with E-state index in [1.54, 1.807) is 15.9 Å². The number of nitrogens with one attached hydrogen (secondary N) is 1. The zero-order valence-electron chi connectivity index (χ0n) is 15.7. The van der Waals surface area contributed by atoms with Gasteiger partial charge in [0.1, 0.15) is 0 Å². The molecular weight excluding hydrogens is 376 g/mol. The van der Waals surface area contributed by atoms with E-state index >= 15 is 0 Å². The van der Waals surface area contributed by atoms with Crippen LogP contribution in [0.5, 0.6) is 0 Å². The van der Waals surface area contributed by atoms with E-state index in [2.05, 4.69) is 5.32 Å². The van der Waals surface area contributed by atoms with E-state index in [1.165, 1.54) is 0 Å². The van der Waals surface area contributed by atoms with Crippen LogP contribution in [0, 0.1) is 0 Å². The van der Waals surface area contributed by atoms with E-state index in [-0.39, 0.29) is 30.9 Å². The van der Waals surface area contributed by atoms with Crippen LogP contribution in [0.15, 0.2) is 54.6 Å². The molecule has 3 rings (SSSR count). The lowest BCUT2D eigenvalue weighted by molar-refractivity contribution is -0.128. The van der Waals surface area contributed by atoms with Gasteiger partial charge < -0.3 is 20.9 Å². The van der Waals surface area contributed by atoms with Gasteiger partial charge in [0.25, 0.3) is 0 Å². The Morgan fingerprint density at radius 3 is 2.61 bits per heavy atom. The molecule has 0 aliphatic carbocycles. The fourth-order valence-electron chi connectivity index (χ4n) is 3.23. The number of hydrogen-bond acceptors (Lipinski definition) is 4. The molecule has 1 atom stereocenters. The first-order chi connectivity index (χ1) is 13.5. The summed E-state index contributed by atoms with van der Waals surface area (Å²) in [6.07, 6.45) is 0.817. The molecule has 1 unspecified atom stereocenters. The molecule has 1 aliphatic heterocycles. The summed E-state index contributed by atoms with van der Waals surface area (Å²) >= 11 is 5.98. The van der Waals surface area contributed by atoms with Crippen LogP contribution in [0.25, 0.3) is 0 Å². The number of benzene rings is 2. The Hall–Kier alpha value is -2.57. The summed E-state index contributed by atoms with van der Waals surface area (Å²) in [6, 6.07) is 16.9. The highest BCUT2D eigenvalue weighted by molar-refractivity contribution is 6.30. The van der Waals surface area contributed by atoms with Gasteiger partial charge in [-0.3, -0.25) is 9.59 Å². The second kappa shape index (κ2) is 9.57. The molecule has 7 heteroatoms. The zero-order valence-corrected chi connectivity index (χ0v) is 16.4. The molecule has 1 fully saturated rings. The summed E-state index contributed by atoms with van der Waals surface area (Å²) in [6.45, 7) is 1.86. The lowest BCUT2D eigenvalue weighted by Gasteiger charge is -2.26. The molecule has 1 saturated heterocycles. The van der Waals surface area contributed by atoms with Crippen LogP contribution in [0.1, 0.15) is 12.0 Å². The second-order valence-electron chi connectivity index (χ2n) is 6.99. The van der Waals surface area contributed by atoms with Crippen molar-refractivity contribution in [2.45, 2.75) is 19.0 Å². The highest BCUT2D eigenvalue weighted by Crippen LogP contribution is 2.15. The maximum Gasteiger partial charge on any atom is 0.242 e. The smallest absolute Gasteiger partial charge is 0.242 e. The van der Waals surface area contributed by atoms with E-state index < -0.39 is 0 Å². The lowest BCUT2D eigenvalue weighted by Crippen LogP contribution is -2.44. The molecule has 6 nitrogen and oxygen atoms in total. The second-order valence-corrected chi connectivity index (χ2v) is 7.42. The maximum atomic E-state index is 12.7. The molecule has 1 heterocycles. The first-order valence-electron chi connectivity index (χ1n) is 9.36. The third-order valence-electron chi connectivity index (χ3n) is 4.74. The summed E-state index contributed by atoms with van der Waals surface area (Å²) < 4.78 is 0. The van der Waals surface area contributed by atoms with Gasteiger partial charge in [-0.25, -0.2) is 0 Å². The van der Waals surface area contributed by atoms with Crippen molar-refractivity contribution in [2.75, 3.05) is 31.1 Å². The minimum absolute atomic E-state index is 0.0144. The molecule has 0 radical (unpaired) electrons. The lowest BCUT2D eigenvalue weighted by atomic mass is 10.2. The Kier molecular flexibility index (Phi) is 6.90. The van der Waals surface area contributed by atoms with Gasteiger partial charge in [-0.05, 0) is 36.2 Å². The fourth-order valence-corrected chi connectivity index (χ4v) is 3.44. The van der Waals surface area contributed by atoms with Crippen LogP contribution in [-0.2, 0) is 16.1 Å². The van der Waals surface area contributed by atoms with E-state index in [4.69, 9.17) is 17.3 Å². The highest BCUT2D eigenvalue weighted by Gasteiger charge is 2.25. The Morgan fingerprint density at radius 1 is 1.14 bits per heavy atom. The standard InChI is InChI=1S/C21H25ClN4O2/c22-17-6-4-5-16(11-17)12-24-20(27)14-26(19-7-2-1-3-8-19)15-21(28)25-10-9-18(23)13-25/h1-8,11,18H,9-10,12-15,23H2,(H,24,27). The van der Waals surface area contributed by atoms with Gasteiger partial charge in [0.15, 0.2) is 0 Å². The topological polar surface area (TPSA) is 78.7 Å². The van der Waals surface area contributed by atoms with Gasteiger partial charge >= 0.3 is 0 Å². The molecule has 1 aliphatic rings. The number of carbonyl (C=O) groups is 2. The zero-order chi connectivity index (χ0) is 19.9. The Labute approximate surface area is 170 Å². The molecule has 2 aromatic carbocycles. The molecule has 0 aromatic heterocycles. The number of hydrogen-bond donors (Lipinski definition) is 2.